The first-order valence-corrected chi connectivity index (χ1v) is 4.40. The first kappa shape index (κ1) is 12.3. The smallest absolute Gasteiger partial charge is 0.408 e. The Labute approximate surface area is 89.0 Å². The summed E-state index contributed by atoms with van der Waals surface area (Å²) in [5.41, 5.74) is 4.92. The van der Waals surface area contributed by atoms with E-state index in [1.807, 2.05) is 0 Å². The number of aromatic nitrogens is 2. The van der Waals surface area contributed by atoms with Crippen molar-refractivity contribution in [2.24, 2.45) is 0 Å². The molecule has 0 atom stereocenters. The molecule has 0 saturated heterocycles. The Balaban J connectivity index is 2.96. The zero-order valence-corrected chi connectivity index (χ0v) is 8.41. The van der Waals surface area contributed by atoms with E-state index in [9.17, 15) is 18.0 Å². The van der Waals surface area contributed by atoms with Crippen LogP contribution in [0.15, 0.2) is 6.07 Å². The van der Waals surface area contributed by atoms with Gasteiger partial charge in [0.25, 0.3) is 0 Å². The third-order valence-corrected chi connectivity index (χ3v) is 1.61. The summed E-state index contributed by atoms with van der Waals surface area (Å²) in [6.07, 6.45) is -4.47. The Morgan fingerprint density at radius 1 is 1.62 bits per heavy atom. The number of ether oxygens (including phenoxy) is 1. The molecule has 2 N–H and O–H groups in total. The van der Waals surface area contributed by atoms with Gasteiger partial charge >= 0.3 is 12.1 Å². The molecular weight excluding hydrogens is 227 g/mol. The van der Waals surface area contributed by atoms with E-state index in [2.05, 4.69) is 9.84 Å². The van der Waals surface area contributed by atoms with Gasteiger partial charge in [0, 0.05) is 6.07 Å². The molecule has 90 valence electrons. The number of hydrogen-bond acceptors (Lipinski definition) is 4. The van der Waals surface area contributed by atoms with Gasteiger partial charge in [0.2, 0.25) is 0 Å². The van der Waals surface area contributed by atoms with Crippen molar-refractivity contribution in [1.82, 2.24) is 9.78 Å². The van der Waals surface area contributed by atoms with Crippen LogP contribution in [0, 0.1) is 0 Å². The molecule has 1 heterocycles. The van der Waals surface area contributed by atoms with Crippen molar-refractivity contribution < 1.29 is 22.7 Å². The molecule has 0 radical (unpaired) electrons. The summed E-state index contributed by atoms with van der Waals surface area (Å²) in [6.45, 7) is 0.236. The van der Waals surface area contributed by atoms with E-state index in [0.29, 0.717) is 4.68 Å². The zero-order valence-electron chi connectivity index (χ0n) is 8.41. The average molecular weight is 237 g/mol. The van der Waals surface area contributed by atoms with E-state index in [1.165, 1.54) is 0 Å². The molecule has 0 saturated carbocycles. The fraction of sp³-hybridized carbons (Fsp3) is 0.500. The van der Waals surface area contributed by atoms with E-state index in [-0.39, 0.29) is 18.1 Å². The normalized spacial score (nSPS) is 11.5. The molecule has 0 aliphatic heterocycles. The van der Waals surface area contributed by atoms with Crippen LogP contribution in [-0.2, 0) is 11.3 Å². The molecular formula is C8H10F3N3O2. The van der Waals surface area contributed by atoms with Crippen LogP contribution in [0.1, 0.15) is 17.4 Å². The van der Waals surface area contributed by atoms with Crippen LogP contribution in [0.2, 0.25) is 0 Å². The SMILES string of the molecule is CCOC(=O)c1cc(N)nn1CC(F)(F)F. The minimum absolute atomic E-state index is 0.0654. The van der Waals surface area contributed by atoms with Crippen molar-refractivity contribution in [1.29, 1.82) is 0 Å². The first-order valence-electron chi connectivity index (χ1n) is 4.40. The van der Waals surface area contributed by atoms with Gasteiger partial charge in [0.15, 0.2) is 0 Å². The summed E-state index contributed by atoms with van der Waals surface area (Å²) >= 11 is 0. The van der Waals surface area contributed by atoms with Crippen LogP contribution in [0.3, 0.4) is 0 Å². The van der Waals surface area contributed by atoms with Gasteiger partial charge in [-0.15, -0.1) is 0 Å². The van der Waals surface area contributed by atoms with Crippen molar-refractivity contribution in [2.75, 3.05) is 12.3 Å². The Morgan fingerprint density at radius 2 is 2.25 bits per heavy atom. The minimum Gasteiger partial charge on any atom is -0.461 e. The largest absolute Gasteiger partial charge is 0.461 e. The van der Waals surface area contributed by atoms with Gasteiger partial charge in [-0.2, -0.15) is 18.3 Å². The maximum atomic E-state index is 12.1. The molecule has 0 spiro atoms. The second kappa shape index (κ2) is 4.42. The maximum Gasteiger partial charge on any atom is 0.408 e. The van der Waals surface area contributed by atoms with E-state index in [4.69, 9.17) is 5.73 Å². The Bertz CT molecular complexity index is 386. The quantitative estimate of drug-likeness (QED) is 0.802. The first-order chi connectivity index (χ1) is 7.33. The van der Waals surface area contributed by atoms with Crippen molar-refractivity contribution in [3.05, 3.63) is 11.8 Å². The summed E-state index contributed by atoms with van der Waals surface area (Å²) in [7, 11) is 0. The topological polar surface area (TPSA) is 70.1 Å². The van der Waals surface area contributed by atoms with Gasteiger partial charge in [0.05, 0.1) is 6.61 Å². The molecule has 1 aromatic rings. The fourth-order valence-electron chi connectivity index (χ4n) is 1.10. The second-order valence-electron chi connectivity index (χ2n) is 2.95. The van der Waals surface area contributed by atoms with Crippen LogP contribution in [0.4, 0.5) is 19.0 Å². The van der Waals surface area contributed by atoms with Crippen molar-refractivity contribution in [2.45, 2.75) is 19.6 Å². The molecule has 1 aromatic heterocycles. The molecule has 0 unspecified atom stereocenters. The number of nitrogen functional groups attached to an aromatic ring is 1. The third-order valence-electron chi connectivity index (χ3n) is 1.61. The van der Waals surface area contributed by atoms with Crippen LogP contribution in [-0.4, -0.2) is 28.5 Å². The highest BCUT2D eigenvalue weighted by Crippen LogP contribution is 2.19. The molecule has 1 rings (SSSR count). The van der Waals surface area contributed by atoms with Crippen molar-refractivity contribution in [3.63, 3.8) is 0 Å². The number of nitrogens with two attached hydrogens (primary N) is 1. The molecule has 8 heteroatoms. The van der Waals surface area contributed by atoms with E-state index >= 15 is 0 Å². The number of anilines is 1. The number of alkyl halides is 3. The molecule has 0 aromatic carbocycles. The summed E-state index contributed by atoms with van der Waals surface area (Å²) in [4.78, 5) is 11.3. The Hall–Kier alpha value is -1.73. The van der Waals surface area contributed by atoms with Crippen LogP contribution < -0.4 is 5.73 Å². The summed E-state index contributed by atoms with van der Waals surface area (Å²) < 4.78 is 41.4. The molecule has 0 fully saturated rings. The Morgan fingerprint density at radius 3 is 2.75 bits per heavy atom. The molecule has 0 aliphatic carbocycles. The predicted octanol–water partition coefficient (Wildman–Crippen LogP) is 1.20. The Kier molecular flexibility index (Phi) is 3.41. The van der Waals surface area contributed by atoms with Gasteiger partial charge in [-0.3, -0.25) is 0 Å². The second-order valence-corrected chi connectivity index (χ2v) is 2.95. The zero-order chi connectivity index (χ0) is 12.3. The monoisotopic (exact) mass is 237 g/mol. The summed E-state index contributed by atoms with van der Waals surface area (Å²) in [5, 5.41) is 3.37. The van der Waals surface area contributed by atoms with Crippen LogP contribution in [0.25, 0.3) is 0 Å². The molecule has 0 aliphatic rings. The predicted molar refractivity (Wildman–Crippen MR) is 48.7 cm³/mol. The lowest BCUT2D eigenvalue weighted by Crippen LogP contribution is -2.22. The number of esters is 1. The van der Waals surface area contributed by atoms with Gasteiger partial charge in [-0.25, -0.2) is 9.48 Å². The lowest BCUT2D eigenvalue weighted by molar-refractivity contribution is -0.142. The number of nitrogens with zero attached hydrogens (tertiary/aromatic N) is 2. The van der Waals surface area contributed by atoms with Crippen LogP contribution >= 0.6 is 0 Å². The maximum absolute atomic E-state index is 12.1. The number of halogens is 3. The third kappa shape index (κ3) is 3.14. The number of carbonyl (C=O) groups is 1. The minimum atomic E-state index is -4.47. The summed E-state index contributed by atoms with van der Waals surface area (Å²) in [5.74, 6) is -1.04. The number of hydrogen-bond donors (Lipinski definition) is 1. The lowest BCUT2D eigenvalue weighted by atomic mass is 10.4. The standard InChI is InChI=1S/C8H10F3N3O2/c1-2-16-7(15)5-3-6(12)13-14(5)4-8(9,10)11/h3H,2,4H2,1H3,(H2,12,13). The van der Waals surface area contributed by atoms with Crippen LogP contribution in [0.5, 0.6) is 0 Å². The highest BCUT2D eigenvalue weighted by atomic mass is 19.4. The molecule has 5 nitrogen and oxygen atoms in total. The molecule has 16 heavy (non-hydrogen) atoms. The summed E-state index contributed by atoms with van der Waals surface area (Å²) in [6, 6.07) is 1.05. The average Bonchev–Trinajstić information content (AvgIpc) is 2.44. The van der Waals surface area contributed by atoms with Gasteiger partial charge in [-0.1, -0.05) is 0 Å². The fourth-order valence-corrected chi connectivity index (χ4v) is 1.10. The highest BCUT2D eigenvalue weighted by molar-refractivity contribution is 5.88. The molecule has 0 amide bonds. The lowest BCUT2D eigenvalue weighted by Gasteiger charge is -2.09. The number of rotatable bonds is 3. The van der Waals surface area contributed by atoms with Gasteiger partial charge in [0.1, 0.15) is 18.1 Å². The molecule has 0 bridgehead atoms. The van der Waals surface area contributed by atoms with E-state index < -0.39 is 18.7 Å². The van der Waals surface area contributed by atoms with Gasteiger partial charge in [-0.05, 0) is 6.92 Å². The number of carbonyl (C=O) groups excluding carboxylic acids is 1. The van der Waals surface area contributed by atoms with E-state index in [1.54, 1.807) is 6.92 Å². The van der Waals surface area contributed by atoms with Crippen molar-refractivity contribution >= 4 is 11.8 Å². The highest BCUT2D eigenvalue weighted by Gasteiger charge is 2.31. The van der Waals surface area contributed by atoms with E-state index in [0.717, 1.165) is 6.07 Å². The van der Waals surface area contributed by atoms with Gasteiger partial charge < -0.3 is 10.5 Å². The van der Waals surface area contributed by atoms with Crippen molar-refractivity contribution in [3.8, 4) is 0 Å².